The molecule has 2 N–H and O–H groups in total. The molecule has 1 amide bonds. The van der Waals surface area contributed by atoms with E-state index >= 15 is 0 Å². The minimum absolute atomic E-state index is 0.109. The van der Waals surface area contributed by atoms with Gasteiger partial charge in [0, 0.05) is 11.6 Å². The summed E-state index contributed by atoms with van der Waals surface area (Å²) >= 11 is 0. The standard InChI is InChI=1S/C21H26N4O3/c1-16-2-4-17(5-3-16)21(26)22-18-6-7-19(24-8-12-27-13-9-24)23-20(18)25-10-14-28-15-11-25/h2-7H,8-15H2,1H3,(H,22,26)/p+1. The SMILES string of the molecule is Cc1ccc(C(=O)Nc2ccc(N3CCOCC3)[nH+]c2N2CCOCC2)cc1. The third-order valence-electron chi connectivity index (χ3n) is 5.15. The number of nitrogens with zero attached hydrogens (tertiary/aromatic N) is 2. The van der Waals surface area contributed by atoms with E-state index in [1.54, 1.807) is 0 Å². The van der Waals surface area contributed by atoms with Gasteiger partial charge in [-0.1, -0.05) is 17.7 Å². The second kappa shape index (κ2) is 8.58. The molecule has 4 rings (SSSR count). The maximum atomic E-state index is 12.8. The average molecular weight is 383 g/mol. The van der Waals surface area contributed by atoms with Gasteiger partial charge in [0.15, 0.2) is 0 Å². The number of morpholine rings is 2. The Morgan fingerprint density at radius 2 is 1.50 bits per heavy atom. The molecule has 0 unspecified atom stereocenters. The molecule has 7 nitrogen and oxygen atoms in total. The zero-order chi connectivity index (χ0) is 19.3. The summed E-state index contributed by atoms with van der Waals surface area (Å²) in [4.78, 5) is 20.8. The van der Waals surface area contributed by atoms with Crippen molar-refractivity contribution in [3.8, 4) is 0 Å². The van der Waals surface area contributed by atoms with Crippen LogP contribution in [-0.2, 0) is 9.47 Å². The number of pyridine rings is 1. The van der Waals surface area contributed by atoms with Crippen molar-refractivity contribution in [2.24, 2.45) is 0 Å². The zero-order valence-corrected chi connectivity index (χ0v) is 16.2. The van der Waals surface area contributed by atoms with E-state index in [4.69, 9.17) is 9.47 Å². The highest BCUT2D eigenvalue weighted by molar-refractivity contribution is 6.05. The van der Waals surface area contributed by atoms with Gasteiger partial charge in [0.05, 0.1) is 52.6 Å². The molecule has 0 radical (unpaired) electrons. The van der Waals surface area contributed by atoms with E-state index in [1.165, 1.54) is 0 Å². The minimum atomic E-state index is -0.109. The number of rotatable bonds is 4. The monoisotopic (exact) mass is 383 g/mol. The number of benzene rings is 1. The van der Waals surface area contributed by atoms with Gasteiger partial charge in [0.2, 0.25) is 11.6 Å². The maximum Gasteiger partial charge on any atom is 0.255 e. The topological polar surface area (TPSA) is 68.2 Å². The van der Waals surface area contributed by atoms with Gasteiger partial charge < -0.3 is 14.8 Å². The van der Waals surface area contributed by atoms with Crippen molar-refractivity contribution < 1.29 is 19.3 Å². The van der Waals surface area contributed by atoms with Crippen molar-refractivity contribution in [1.82, 2.24) is 0 Å². The van der Waals surface area contributed by atoms with Crippen LogP contribution in [0.5, 0.6) is 0 Å². The van der Waals surface area contributed by atoms with E-state index in [1.807, 2.05) is 43.3 Å². The fourth-order valence-electron chi connectivity index (χ4n) is 3.50. The summed E-state index contributed by atoms with van der Waals surface area (Å²) in [6.07, 6.45) is 0. The molecule has 148 valence electrons. The lowest BCUT2D eigenvalue weighted by molar-refractivity contribution is -0.350. The van der Waals surface area contributed by atoms with Gasteiger partial charge in [-0.2, -0.15) is 0 Å². The predicted molar refractivity (Wildman–Crippen MR) is 108 cm³/mol. The molecule has 3 heterocycles. The highest BCUT2D eigenvalue weighted by Crippen LogP contribution is 2.25. The maximum absolute atomic E-state index is 12.8. The third kappa shape index (κ3) is 4.26. The summed E-state index contributed by atoms with van der Waals surface area (Å²) in [7, 11) is 0. The lowest BCUT2D eigenvalue weighted by Gasteiger charge is -2.28. The number of carbonyl (C=O) groups is 1. The number of H-pyrrole nitrogens is 1. The van der Waals surface area contributed by atoms with Crippen LogP contribution in [0, 0.1) is 6.92 Å². The number of aryl methyl sites for hydroxylation is 1. The number of amides is 1. The first-order valence-corrected chi connectivity index (χ1v) is 9.80. The second-order valence-electron chi connectivity index (χ2n) is 7.12. The Hall–Kier alpha value is -2.64. The molecule has 0 aliphatic carbocycles. The molecule has 1 aromatic heterocycles. The fraction of sp³-hybridized carbons (Fsp3) is 0.429. The summed E-state index contributed by atoms with van der Waals surface area (Å²) in [5.74, 6) is 1.85. The molecule has 2 aliphatic heterocycles. The zero-order valence-electron chi connectivity index (χ0n) is 16.2. The van der Waals surface area contributed by atoms with Crippen molar-refractivity contribution in [3.05, 3.63) is 47.5 Å². The predicted octanol–water partition coefficient (Wildman–Crippen LogP) is 1.73. The molecule has 7 heteroatoms. The molecule has 0 atom stereocenters. The van der Waals surface area contributed by atoms with Gasteiger partial charge >= 0.3 is 0 Å². The third-order valence-corrected chi connectivity index (χ3v) is 5.15. The van der Waals surface area contributed by atoms with Gasteiger partial charge in [-0.3, -0.25) is 14.6 Å². The molecule has 2 aliphatic rings. The Balaban J connectivity index is 1.60. The molecule has 0 saturated carbocycles. The van der Waals surface area contributed by atoms with E-state index in [0.29, 0.717) is 18.8 Å². The van der Waals surface area contributed by atoms with Crippen molar-refractivity contribution in [2.45, 2.75) is 6.92 Å². The molecule has 2 aromatic rings. The molecular formula is C21H27N4O3+. The van der Waals surface area contributed by atoms with Crippen LogP contribution < -0.4 is 20.1 Å². The Morgan fingerprint density at radius 1 is 0.893 bits per heavy atom. The van der Waals surface area contributed by atoms with E-state index in [9.17, 15) is 4.79 Å². The molecule has 1 aromatic carbocycles. The number of ether oxygens (including phenoxy) is 2. The van der Waals surface area contributed by atoms with Crippen LogP contribution in [0.1, 0.15) is 15.9 Å². The van der Waals surface area contributed by atoms with Crippen LogP contribution >= 0.6 is 0 Å². The summed E-state index contributed by atoms with van der Waals surface area (Å²) < 4.78 is 11.0. The molecule has 2 saturated heterocycles. The van der Waals surface area contributed by atoms with Crippen molar-refractivity contribution in [1.29, 1.82) is 0 Å². The van der Waals surface area contributed by atoms with Crippen LogP contribution in [0.3, 0.4) is 0 Å². The lowest BCUT2D eigenvalue weighted by Crippen LogP contribution is -2.43. The summed E-state index contributed by atoms with van der Waals surface area (Å²) in [6, 6.07) is 11.6. The number of aromatic nitrogens is 1. The first-order valence-electron chi connectivity index (χ1n) is 9.80. The van der Waals surface area contributed by atoms with Crippen molar-refractivity contribution >= 4 is 23.2 Å². The van der Waals surface area contributed by atoms with Crippen LogP contribution in [0.25, 0.3) is 0 Å². The number of hydrogen-bond donors (Lipinski definition) is 1. The largest absolute Gasteiger partial charge is 0.375 e. The lowest BCUT2D eigenvalue weighted by atomic mass is 10.1. The molecule has 28 heavy (non-hydrogen) atoms. The van der Waals surface area contributed by atoms with Crippen LogP contribution in [0.15, 0.2) is 36.4 Å². The highest BCUT2D eigenvalue weighted by Gasteiger charge is 2.25. The Morgan fingerprint density at radius 3 is 2.14 bits per heavy atom. The summed E-state index contributed by atoms with van der Waals surface area (Å²) in [5.41, 5.74) is 2.56. The number of hydrogen-bond acceptors (Lipinski definition) is 5. The van der Waals surface area contributed by atoms with E-state index in [-0.39, 0.29) is 5.91 Å². The Kier molecular flexibility index (Phi) is 5.73. The number of aromatic amines is 1. The Bertz CT molecular complexity index is 813. The van der Waals surface area contributed by atoms with E-state index < -0.39 is 0 Å². The quantitative estimate of drug-likeness (QED) is 0.871. The molecule has 2 fully saturated rings. The minimum Gasteiger partial charge on any atom is -0.375 e. The van der Waals surface area contributed by atoms with Gasteiger partial charge in [0.1, 0.15) is 5.69 Å². The van der Waals surface area contributed by atoms with Gasteiger partial charge in [-0.15, -0.1) is 0 Å². The smallest absolute Gasteiger partial charge is 0.255 e. The molecule has 0 bridgehead atoms. The summed E-state index contributed by atoms with van der Waals surface area (Å²) in [5, 5.41) is 3.08. The van der Waals surface area contributed by atoms with Crippen molar-refractivity contribution in [2.75, 3.05) is 67.7 Å². The molecular weight excluding hydrogens is 356 g/mol. The fourth-order valence-corrected chi connectivity index (χ4v) is 3.50. The first-order chi connectivity index (χ1) is 13.7. The Labute approximate surface area is 165 Å². The molecule has 0 spiro atoms. The number of carbonyl (C=O) groups excluding carboxylic acids is 1. The normalized spacial score (nSPS) is 17.5. The van der Waals surface area contributed by atoms with Gasteiger partial charge in [0.25, 0.3) is 5.91 Å². The number of anilines is 3. The number of nitrogens with one attached hydrogen (secondary N) is 2. The average Bonchev–Trinajstić information content (AvgIpc) is 2.75. The van der Waals surface area contributed by atoms with Gasteiger partial charge in [-0.05, 0) is 25.1 Å². The summed E-state index contributed by atoms with van der Waals surface area (Å²) in [6.45, 7) is 8.12. The van der Waals surface area contributed by atoms with Gasteiger partial charge in [-0.25, -0.2) is 4.98 Å². The van der Waals surface area contributed by atoms with Crippen LogP contribution in [0.4, 0.5) is 17.3 Å². The van der Waals surface area contributed by atoms with E-state index in [0.717, 1.165) is 62.3 Å². The highest BCUT2D eigenvalue weighted by atomic mass is 16.5. The van der Waals surface area contributed by atoms with Crippen LogP contribution in [-0.4, -0.2) is 58.5 Å². The van der Waals surface area contributed by atoms with Crippen molar-refractivity contribution in [3.63, 3.8) is 0 Å². The van der Waals surface area contributed by atoms with E-state index in [2.05, 4.69) is 20.1 Å². The van der Waals surface area contributed by atoms with Crippen LogP contribution in [0.2, 0.25) is 0 Å². The first kappa shape index (κ1) is 18.7. The second-order valence-corrected chi connectivity index (χ2v) is 7.12.